The van der Waals surface area contributed by atoms with Gasteiger partial charge in [-0.05, 0) is 53.1 Å². The molecule has 1 saturated heterocycles. The largest absolute Gasteiger partial charge is 0.507 e. The number of ether oxygens (including phenoxy) is 1. The minimum atomic E-state index is -0.773. The second-order valence-electron chi connectivity index (χ2n) is 9.80. The van der Waals surface area contributed by atoms with Crippen molar-refractivity contribution < 1.29 is 19.4 Å². The van der Waals surface area contributed by atoms with Gasteiger partial charge in [0.05, 0.1) is 22.4 Å². The Morgan fingerprint density at radius 1 is 1.08 bits per heavy atom. The van der Waals surface area contributed by atoms with Crippen LogP contribution in [-0.2, 0) is 9.59 Å². The number of hydrogen-bond donors (Lipinski definition) is 1. The van der Waals surface area contributed by atoms with Crippen molar-refractivity contribution >= 4 is 55.5 Å². The number of amides is 1. The lowest BCUT2D eigenvalue weighted by Gasteiger charge is -2.21. The van der Waals surface area contributed by atoms with Crippen molar-refractivity contribution in [1.82, 2.24) is 4.98 Å². The van der Waals surface area contributed by atoms with Gasteiger partial charge < -0.3 is 9.84 Å². The molecule has 4 aromatic rings. The molecular formula is C29H28N2O4S2. The molecule has 2 aromatic carbocycles. The smallest absolute Gasteiger partial charge is 0.301 e. The highest BCUT2D eigenvalue weighted by atomic mass is 32.1. The number of aliphatic hydroxyl groups is 1. The molecule has 1 N–H and O–H groups in total. The normalized spacial score (nSPS) is 17.5. The number of carbonyl (C=O) groups excluding carboxylic acids is 2. The molecule has 5 rings (SSSR count). The number of Topliss-reactive ketones (excluding diaryl/α,β-unsaturated/α-hetero) is 1. The van der Waals surface area contributed by atoms with E-state index in [1.165, 1.54) is 33.1 Å². The average molecular weight is 533 g/mol. The van der Waals surface area contributed by atoms with Gasteiger partial charge in [-0.25, -0.2) is 4.98 Å². The number of thiophene rings is 1. The van der Waals surface area contributed by atoms with Crippen LogP contribution in [0.4, 0.5) is 5.13 Å². The Hall–Kier alpha value is -3.49. The summed E-state index contributed by atoms with van der Waals surface area (Å²) in [5.41, 5.74) is 2.42. The maximum Gasteiger partial charge on any atom is 0.301 e. The highest BCUT2D eigenvalue weighted by Crippen LogP contribution is 2.45. The van der Waals surface area contributed by atoms with E-state index in [1.807, 2.05) is 29.6 Å². The van der Waals surface area contributed by atoms with Crippen molar-refractivity contribution in [2.45, 2.75) is 39.7 Å². The molecule has 1 aliphatic heterocycles. The summed E-state index contributed by atoms with van der Waals surface area (Å²) in [4.78, 5) is 33.8. The zero-order valence-corrected chi connectivity index (χ0v) is 22.7. The Morgan fingerprint density at radius 3 is 2.59 bits per heavy atom. The standard InChI is InChI=1S/C29H28N2O4S2/c1-16(2)15-35-20-8-5-7-19(13-20)26(32)24-25(22-9-6-12-36-22)31(28(34)27(24)33)29-30-21-11-10-18(17(3)4)14-23(21)37-29/h5-14,16-17,25,32H,15H2,1-4H3/b26-24+. The lowest BCUT2D eigenvalue weighted by atomic mass is 10.00. The van der Waals surface area contributed by atoms with Crippen molar-refractivity contribution in [3.63, 3.8) is 0 Å². The number of carbonyl (C=O) groups is 2. The van der Waals surface area contributed by atoms with Crippen LogP contribution in [0.15, 0.2) is 65.6 Å². The SMILES string of the molecule is CC(C)COc1cccc(/C(O)=C2\C(=O)C(=O)N(c3nc4ccc(C(C)C)cc4s3)C2c2cccs2)c1. The van der Waals surface area contributed by atoms with E-state index in [1.54, 1.807) is 24.3 Å². The maximum atomic E-state index is 13.4. The van der Waals surface area contributed by atoms with E-state index in [-0.39, 0.29) is 11.3 Å². The first-order valence-corrected chi connectivity index (χ1v) is 13.9. The first kappa shape index (κ1) is 25.2. The zero-order chi connectivity index (χ0) is 26.3. The third kappa shape index (κ3) is 4.79. The summed E-state index contributed by atoms with van der Waals surface area (Å²) in [7, 11) is 0. The lowest BCUT2D eigenvalue weighted by molar-refractivity contribution is -0.132. The molecule has 1 atom stereocenters. The molecule has 1 unspecified atom stereocenters. The van der Waals surface area contributed by atoms with Gasteiger partial charge in [-0.2, -0.15) is 0 Å². The van der Waals surface area contributed by atoms with Gasteiger partial charge >= 0.3 is 5.91 Å². The van der Waals surface area contributed by atoms with E-state index >= 15 is 0 Å². The predicted octanol–water partition coefficient (Wildman–Crippen LogP) is 7.14. The number of rotatable bonds is 7. The second-order valence-corrected chi connectivity index (χ2v) is 11.8. The van der Waals surface area contributed by atoms with E-state index in [9.17, 15) is 14.7 Å². The molecule has 3 heterocycles. The first-order valence-electron chi connectivity index (χ1n) is 12.2. The molecule has 0 bridgehead atoms. The summed E-state index contributed by atoms with van der Waals surface area (Å²) in [6, 6.07) is 16.0. The van der Waals surface area contributed by atoms with Crippen LogP contribution in [0.2, 0.25) is 0 Å². The number of hydrogen-bond acceptors (Lipinski definition) is 7. The van der Waals surface area contributed by atoms with Gasteiger partial charge in [-0.3, -0.25) is 14.5 Å². The van der Waals surface area contributed by atoms with Crippen LogP contribution in [0, 0.1) is 5.92 Å². The minimum Gasteiger partial charge on any atom is -0.507 e. The summed E-state index contributed by atoms with van der Waals surface area (Å²) in [6.07, 6.45) is 0. The molecule has 0 spiro atoms. The Morgan fingerprint density at radius 2 is 1.89 bits per heavy atom. The molecule has 0 aliphatic carbocycles. The summed E-state index contributed by atoms with van der Waals surface area (Å²) in [5.74, 6) is -0.367. The van der Waals surface area contributed by atoms with Crippen LogP contribution >= 0.6 is 22.7 Å². The number of aliphatic hydroxyl groups excluding tert-OH is 1. The molecule has 2 aromatic heterocycles. The number of benzene rings is 2. The molecule has 1 fully saturated rings. The van der Waals surface area contributed by atoms with E-state index in [4.69, 9.17) is 9.72 Å². The molecule has 1 amide bonds. The Kier molecular flexibility index (Phi) is 6.88. The minimum absolute atomic E-state index is 0.0515. The van der Waals surface area contributed by atoms with Gasteiger partial charge in [0.1, 0.15) is 17.6 Å². The van der Waals surface area contributed by atoms with Crippen LogP contribution in [-0.4, -0.2) is 28.4 Å². The number of thiazole rings is 1. The van der Waals surface area contributed by atoms with E-state index in [0.717, 1.165) is 15.1 Å². The Labute approximate surface area is 223 Å². The summed E-state index contributed by atoms with van der Waals surface area (Å²) < 4.78 is 6.76. The van der Waals surface area contributed by atoms with Crippen molar-refractivity contribution in [1.29, 1.82) is 0 Å². The fourth-order valence-corrected chi connectivity index (χ4v) is 6.15. The summed E-state index contributed by atoms with van der Waals surface area (Å²) in [5, 5.41) is 13.7. The third-order valence-corrected chi connectivity index (χ3v) is 8.16. The van der Waals surface area contributed by atoms with Crippen LogP contribution in [0.25, 0.3) is 16.0 Å². The first-order chi connectivity index (χ1) is 17.7. The topological polar surface area (TPSA) is 79.7 Å². The number of aromatic nitrogens is 1. The van der Waals surface area contributed by atoms with Gasteiger partial charge in [0.2, 0.25) is 0 Å². The predicted molar refractivity (Wildman–Crippen MR) is 150 cm³/mol. The fourth-order valence-electron chi connectivity index (χ4n) is 4.29. The number of fused-ring (bicyclic) bond motifs is 1. The van der Waals surface area contributed by atoms with Crippen LogP contribution in [0.3, 0.4) is 0 Å². The molecular weight excluding hydrogens is 504 g/mol. The summed E-state index contributed by atoms with van der Waals surface area (Å²) >= 11 is 2.80. The van der Waals surface area contributed by atoms with Gasteiger partial charge in [-0.1, -0.05) is 63.3 Å². The van der Waals surface area contributed by atoms with Gasteiger partial charge in [0, 0.05) is 10.4 Å². The average Bonchev–Trinajstić information content (AvgIpc) is 3.60. The quantitative estimate of drug-likeness (QED) is 0.155. The van der Waals surface area contributed by atoms with Gasteiger partial charge in [0.15, 0.2) is 5.13 Å². The van der Waals surface area contributed by atoms with Crippen LogP contribution in [0.1, 0.15) is 55.7 Å². The molecule has 0 saturated carbocycles. The Bertz CT molecular complexity index is 1500. The zero-order valence-electron chi connectivity index (χ0n) is 21.1. The van der Waals surface area contributed by atoms with Gasteiger partial charge in [-0.15, -0.1) is 11.3 Å². The van der Waals surface area contributed by atoms with Crippen molar-refractivity contribution in [2.75, 3.05) is 11.5 Å². The summed E-state index contributed by atoms with van der Waals surface area (Å²) in [6.45, 7) is 8.89. The molecule has 8 heteroatoms. The van der Waals surface area contributed by atoms with Crippen molar-refractivity contribution in [2.24, 2.45) is 5.92 Å². The van der Waals surface area contributed by atoms with Gasteiger partial charge in [0.25, 0.3) is 5.78 Å². The van der Waals surface area contributed by atoms with Crippen molar-refractivity contribution in [3.8, 4) is 5.75 Å². The van der Waals surface area contributed by atoms with Crippen LogP contribution in [0.5, 0.6) is 5.75 Å². The van der Waals surface area contributed by atoms with Crippen molar-refractivity contribution in [3.05, 3.63) is 81.6 Å². The fraction of sp³-hybridized carbons (Fsp3) is 0.276. The Balaban J connectivity index is 1.61. The maximum absolute atomic E-state index is 13.4. The van der Waals surface area contributed by atoms with Crippen LogP contribution < -0.4 is 9.64 Å². The van der Waals surface area contributed by atoms with E-state index < -0.39 is 17.7 Å². The monoisotopic (exact) mass is 532 g/mol. The molecule has 190 valence electrons. The highest BCUT2D eigenvalue weighted by molar-refractivity contribution is 7.22. The lowest BCUT2D eigenvalue weighted by Crippen LogP contribution is -2.28. The van der Waals surface area contributed by atoms with E-state index in [2.05, 4.69) is 33.8 Å². The number of anilines is 1. The molecule has 0 radical (unpaired) electrons. The molecule has 1 aliphatic rings. The second kappa shape index (κ2) is 10.1. The number of nitrogens with zero attached hydrogens (tertiary/aromatic N) is 2. The molecule has 6 nitrogen and oxygen atoms in total. The molecule has 37 heavy (non-hydrogen) atoms. The third-order valence-electron chi connectivity index (χ3n) is 6.22. The highest BCUT2D eigenvalue weighted by Gasteiger charge is 2.48. The van der Waals surface area contributed by atoms with E-state index in [0.29, 0.717) is 34.9 Å². The number of ketones is 1.